The summed E-state index contributed by atoms with van der Waals surface area (Å²) in [5, 5.41) is 3.20. The van der Waals surface area contributed by atoms with Crippen molar-refractivity contribution in [2.75, 3.05) is 13.1 Å². The second-order valence-corrected chi connectivity index (χ2v) is 7.18. The molecule has 0 aromatic heterocycles. The van der Waals surface area contributed by atoms with Crippen LogP contribution < -0.4 is 5.32 Å². The van der Waals surface area contributed by atoms with Crippen molar-refractivity contribution in [1.82, 2.24) is 10.2 Å². The van der Waals surface area contributed by atoms with Crippen molar-refractivity contribution >= 4 is 5.91 Å². The highest BCUT2D eigenvalue weighted by atomic mass is 16.2. The number of likely N-dealkylation sites (tertiary alicyclic amines) is 1. The van der Waals surface area contributed by atoms with Crippen LogP contribution in [0.5, 0.6) is 0 Å². The molecule has 0 saturated carbocycles. The molecule has 1 saturated heterocycles. The largest absolute Gasteiger partial charge is 0.348 e. The number of carbonyl (C=O) groups is 1. The van der Waals surface area contributed by atoms with E-state index in [9.17, 15) is 4.79 Å². The Bertz CT molecular complexity index is 579. The van der Waals surface area contributed by atoms with E-state index in [0.717, 1.165) is 24.9 Å². The Morgan fingerprint density at radius 2 is 1.74 bits per heavy atom. The molecule has 4 atom stereocenters. The van der Waals surface area contributed by atoms with Crippen molar-refractivity contribution in [3.63, 3.8) is 0 Å². The van der Waals surface area contributed by atoms with Crippen LogP contribution in [-0.2, 0) is 4.79 Å². The summed E-state index contributed by atoms with van der Waals surface area (Å²) >= 11 is 0. The Labute approximate surface area is 139 Å². The third-order valence-electron chi connectivity index (χ3n) is 5.59. The second kappa shape index (κ2) is 6.88. The highest BCUT2D eigenvalue weighted by molar-refractivity contribution is 5.81. The molecule has 1 fully saturated rings. The SMILES string of the molecule is Cc1ccccc1[C@H](C)NC(=O)[C@H](C)N1C[C@H]2CC=CC[C@H]2C1. The average molecular weight is 312 g/mol. The van der Waals surface area contributed by atoms with Gasteiger partial charge in [0.05, 0.1) is 12.1 Å². The lowest BCUT2D eigenvalue weighted by Crippen LogP contribution is -2.45. The number of aryl methyl sites for hydroxylation is 1. The Kier molecular flexibility index (Phi) is 4.86. The van der Waals surface area contributed by atoms with Gasteiger partial charge in [-0.3, -0.25) is 9.69 Å². The van der Waals surface area contributed by atoms with Gasteiger partial charge in [0.15, 0.2) is 0 Å². The molecule has 0 radical (unpaired) electrons. The van der Waals surface area contributed by atoms with Crippen LogP contribution in [0.3, 0.4) is 0 Å². The minimum atomic E-state index is -0.0490. The minimum Gasteiger partial charge on any atom is -0.348 e. The first-order valence-electron chi connectivity index (χ1n) is 8.81. The van der Waals surface area contributed by atoms with Gasteiger partial charge in [0, 0.05) is 13.1 Å². The molecule has 1 heterocycles. The van der Waals surface area contributed by atoms with Gasteiger partial charge in [-0.25, -0.2) is 0 Å². The van der Waals surface area contributed by atoms with E-state index in [0.29, 0.717) is 0 Å². The summed E-state index contributed by atoms with van der Waals surface area (Å²) in [5.41, 5.74) is 2.43. The number of carbonyl (C=O) groups excluding carboxylic acids is 1. The van der Waals surface area contributed by atoms with E-state index in [-0.39, 0.29) is 18.0 Å². The highest BCUT2D eigenvalue weighted by Crippen LogP contribution is 2.33. The van der Waals surface area contributed by atoms with Crippen LogP contribution in [0, 0.1) is 18.8 Å². The summed E-state index contributed by atoms with van der Waals surface area (Å²) in [4.78, 5) is 15.0. The first kappa shape index (κ1) is 16.3. The Morgan fingerprint density at radius 1 is 1.13 bits per heavy atom. The molecule has 3 heteroatoms. The standard InChI is InChI=1S/C20H28N2O/c1-14-8-4-7-11-19(14)15(2)21-20(23)16(3)22-12-17-9-5-6-10-18(17)13-22/h4-8,11,15-18H,9-10,12-13H2,1-3H3,(H,21,23)/t15-,16-,17-,18+/m0/s1. The van der Waals surface area contributed by atoms with E-state index in [2.05, 4.69) is 48.3 Å². The Balaban J connectivity index is 1.59. The number of benzene rings is 1. The van der Waals surface area contributed by atoms with Crippen LogP contribution in [0.1, 0.15) is 43.9 Å². The molecule has 1 amide bonds. The molecule has 0 unspecified atom stereocenters. The van der Waals surface area contributed by atoms with Crippen molar-refractivity contribution in [3.8, 4) is 0 Å². The molecule has 1 N–H and O–H groups in total. The second-order valence-electron chi connectivity index (χ2n) is 7.18. The molecule has 23 heavy (non-hydrogen) atoms. The number of hydrogen-bond acceptors (Lipinski definition) is 2. The molecular formula is C20H28N2O. The van der Waals surface area contributed by atoms with Crippen LogP contribution in [0.25, 0.3) is 0 Å². The Hall–Kier alpha value is -1.61. The molecular weight excluding hydrogens is 284 g/mol. The van der Waals surface area contributed by atoms with Gasteiger partial charge in [0.2, 0.25) is 5.91 Å². The smallest absolute Gasteiger partial charge is 0.237 e. The van der Waals surface area contributed by atoms with Crippen LogP contribution in [0.4, 0.5) is 0 Å². The van der Waals surface area contributed by atoms with Crippen molar-refractivity contribution in [3.05, 3.63) is 47.5 Å². The van der Waals surface area contributed by atoms with Crippen LogP contribution in [0.15, 0.2) is 36.4 Å². The summed E-state index contributed by atoms with van der Waals surface area (Å²) in [6, 6.07) is 8.27. The fraction of sp³-hybridized carbons (Fsp3) is 0.550. The van der Waals surface area contributed by atoms with Crippen LogP contribution in [0.2, 0.25) is 0 Å². The van der Waals surface area contributed by atoms with Gasteiger partial charge in [-0.2, -0.15) is 0 Å². The summed E-state index contributed by atoms with van der Waals surface area (Å²) in [7, 11) is 0. The lowest BCUT2D eigenvalue weighted by molar-refractivity contribution is -0.126. The number of amides is 1. The zero-order chi connectivity index (χ0) is 16.4. The van der Waals surface area contributed by atoms with E-state index in [1.54, 1.807) is 0 Å². The topological polar surface area (TPSA) is 32.3 Å². The van der Waals surface area contributed by atoms with E-state index in [1.165, 1.54) is 24.0 Å². The van der Waals surface area contributed by atoms with E-state index >= 15 is 0 Å². The molecule has 1 aliphatic heterocycles. The first-order valence-corrected chi connectivity index (χ1v) is 8.81. The van der Waals surface area contributed by atoms with Gasteiger partial charge in [-0.1, -0.05) is 36.4 Å². The van der Waals surface area contributed by atoms with Crippen LogP contribution in [-0.4, -0.2) is 29.9 Å². The number of nitrogens with zero attached hydrogens (tertiary/aromatic N) is 1. The fourth-order valence-corrected chi connectivity index (χ4v) is 4.02. The molecule has 0 spiro atoms. The van der Waals surface area contributed by atoms with Crippen molar-refractivity contribution < 1.29 is 4.79 Å². The molecule has 1 aliphatic carbocycles. The number of nitrogens with one attached hydrogen (secondary N) is 1. The monoisotopic (exact) mass is 312 g/mol. The van der Waals surface area contributed by atoms with Gasteiger partial charge in [0.1, 0.15) is 0 Å². The quantitative estimate of drug-likeness (QED) is 0.864. The lowest BCUT2D eigenvalue weighted by atomic mass is 9.86. The van der Waals surface area contributed by atoms with Gasteiger partial charge < -0.3 is 5.32 Å². The number of rotatable bonds is 4. The lowest BCUT2D eigenvalue weighted by Gasteiger charge is -2.26. The van der Waals surface area contributed by atoms with E-state index < -0.39 is 0 Å². The number of allylic oxidation sites excluding steroid dienone is 2. The summed E-state index contributed by atoms with van der Waals surface area (Å²) in [6.45, 7) is 8.33. The van der Waals surface area contributed by atoms with Gasteiger partial charge in [-0.15, -0.1) is 0 Å². The molecule has 3 rings (SSSR count). The number of hydrogen-bond donors (Lipinski definition) is 1. The van der Waals surface area contributed by atoms with Crippen molar-refractivity contribution in [1.29, 1.82) is 0 Å². The molecule has 2 aliphatic rings. The zero-order valence-corrected chi connectivity index (χ0v) is 14.5. The van der Waals surface area contributed by atoms with Crippen LogP contribution >= 0.6 is 0 Å². The summed E-state index contributed by atoms with van der Waals surface area (Å²) in [5.74, 6) is 1.63. The normalized spacial score (nSPS) is 26.6. The molecule has 1 aromatic rings. The maximum Gasteiger partial charge on any atom is 0.237 e. The maximum atomic E-state index is 12.7. The fourth-order valence-electron chi connectivity index (χ4n) is 4.02. The average Bonchev–Trinajstić information content (AvgIpc) is 2.98. The minimum absolute atomic E-state index is 0.0490. The van der Waals surface area contributed by atoms with E-state index in [1.807, 2.05) is 19.1 Å². The van der Waals surface area contributed by atoms with Crippen molar-refractivity contribution in [2.24, 2.45) is 11.8 Å². The highest BCUT2D eigenvalue weighted by Gasteiger charge is 2.36. The van der Waals surface area contributed by atoms with E-state index in [4.69, 9.17) is 0 Å². The molecule has 124 valence electrons. The third-order valence-corrected chi connectivity index (χ3v) is 5.59. The summed E-state index contributed by atoms with van der Waals surface area (Å²) < 4.78 is 0. The first-order chi connectivity index (χ1) is 11.1. The van der Waals surface area contributed by atoms with Gasteiger partial charge >= 0.3 is 0 Å². The third kappa shape index (κ3) is 3.50. The molecule has 1 aromatic carbocycles. The van der Waals surface area contributed by atoms with Gasteiger partial charge in [-0.05, 0) is 56.6 Å². The molecule has 3 nitrogen and oxygen atoms in total. The zero-order valence-electron chi connectivity index (χ0n) is 14.5. The Morgan fingerprint density at radius 3 is 2.35 bits per heavy atom. The predicted octanol–water partition coefficient (Wildman–Crippen LogP) is 3.46. The predicted molar refractivity (Wildman–Crippen MR) is 94.1 cm³/mol. The summed E-state index contributed by atoms with van der Waals surface area (Å²) in [6.07, 6.45) is 6.95. The maximum absolute atomic E-state index is 12.7. The molecule has 0 bridgehead atoms. The number of fused-ring (bicyclic) bond motifs is 1. The van der Waals surface area contributed by atoms with Gasteiger partial charge in [0.25, 0.3) is 0 Å². The van der Waals surface area contributed by atoms with Crippen molar-refractivity contribution in [2.45, 2.75) is 45.7 Å².